The van der Waals surface area contributed by atoms with Gasteiger partial charge < -0.3 is 14.8 Å². The van der Waals surface area contributed by atoms with E-state index in [2.05, 4.69) is 10.1 Å². The summed E-state index contributed by atoms with van der Waals surface area (Å²) in [5.74, 6) is -0.819. The summed E-state index contributed by atoms with van der Waals surface area (Å²) in [4.78, 5) is 27.3. The van der Waals surface area contributed by atoms with Gasteiger partial charge in [0.25, 0.3) is 11.8 Å². The normalized spacial score (nSPS) is 14.4. The van der Waals surface area contributed by atoms with Gasteiger partial charge in [0.05, 0.1) is 12.2 Å². The van der Waals surface area contributed by atoms with E-state index in [1.165, 1.54) is 12.1 Å². The van der Waals surface area contributed by atoms with Gasteiger partial charge in [0.2, 0.25) is 0 Å². The number of carbonyl (C=O) groups is 2. The van der Waals surface area contributed by atoms with Crippen LogP contribution in [0.1, 0.15) is 26.3 Å². The molecule has 0 saturated heterocycles. The van der Waals surface area contributed by atoms with E-state index in [4.69, 9.17) is 4.74 Å². The Morgan fingerprint density at radius 1 is 1.00 bits per heavy atom. The van der Waals surface area contributed by atoms with Crippen molar-refractivity contribution in [1.29, 1.82) is 0 Å². The predicted molar refractivity (Wildman–Crippen MR) is 113 cm³/mol. The molecule has 9 heteroatoms. The van der Waals surface area contributed by atoms with Gasteiger partial charge in [-0.1, -0.05) is 32.0 Å². The minimum atomic E-state index is -4.85. The highest BCUT2D eigenvalue weighted by Gasteiger charge is 2.39. The molecule has 3 rings (SSSR count). The van der Waals surface area contributed by atoms with Crippen molar-refractivity contribution >= 4 is 23.1 Å². The first kappa shape index (κ1) is 23.2. The zero-order chi connectivity index (χ0) is 23.5. The third-order valence-corrected chi connectivity index (χ3v) is 4.51. The zero-order valence-corrected chi connectivity index (χ0v) is 17.8. The first-order valence-corrected chi connectivity index (χ1v) is 10.1. The lowest BCUT2D eigenvalue weighted by Crippen LogP contribution is -2.35. The van der Waals surface area contributed by atoms with Crippen LogP contribution in [0.4, 0.5) is 18.9 Å². The number of rotatable bonds is 8. The van der Waals surface area contributed by atoms with Crippen molar-refractivity contribution in [3.8, 4) is 11.5 Å². The summed E-state index contributed by atoms with van der Waals surface area (Å²) in [5, 5.41) is 2.83. The molecule has 0 unspecified atom stereocenters. The van der Waals surface area contributed by atoms with Crippen molar-refractivity contribution in [3.05, 3.63) is 59.8 Å². The molecule has 170 valence electrons. The van der Waals surface area contributed by atoms with Gasteiger partial charge in [0, 0.05) is 18.3 Å². The maximum absolute atomic E-state index is 13.1. The minimum Gasteiger partial charge on any atom is -0.494 e. The summed E-state index contributed by atoms with van der Waals surface area (Å²) >= 11 is 0. The van der Waals surface area contributed by atoms with Gasteiger partial charge in [0.1, 0.15) is 17.2 Å². The van der Waals surface area contributed by atoms with Crippen LogP contribution in [0, 0.1) is 5.92 Å². The largest absolute Gasteiger partial charge is 0.573 e. The molecule has 0 fully saturated rings. The standard InChI is InChI=1S/C23H23F3N2O4/c1-4-31-17-10-8-15(9-11-17)19-20(22(30)28(21(19)29)13-14(2)3)27-16-6-5-7-18(12-16)32-23(24,25)26/h5-12,14,27H,4,13H2,1-3H3. The maximum Gasteiger partial charge on any atom is 0.573 e. The van der Waals surface area contributed by atoms with Crippen LogP contribution in [-0.2, 0) is 9.59 Å². The number of hydrogen-bond donors (Lipinski definition) is 1. The molecule has 6 nitrogen and oxygen atoms in total. The fourth-order valence-corrected chi connectivity index (χ4v) is 3.29. The van der Waals surface area contributed by atoms with E-state index in [-0.39, 0.29) is 29.4 Å². The second-order valence-corrected chi connectivity index (χ2v) is 7.52. The molecule has 2 amide bonds. The number of halogens is 3. The van der Waals surface area contributed by atoms with Gasteiger partial charge in [-0.15, -0.1) is 13.2 Å². The average molecular weight is 448 g/mol. The number of imide groups is 1. The van der Waals surface area contributed by atoms with E-state index < -0.39 is 23.9 Å². The molecular formula is C23H23F3N2O4. The number of hydrogen-bond acceptors (Lipinski definition) is 5. The summed E-state index contributed by atoms with van der Waals surface area (Å²) < 4.78 is 47.1. The van der Waals surface area contributed by atoms with E-state index in [1.54, 1.807) is 24.3 Å². The fraction of sp³-hybridized carbons (Fsp3) is 0.304. The molecule has 2 aromatic rings. The van der Waals surface area contributed by atoms with Gasteiger partial charge in [-0.05, 0) is 42.7 Å². The topological polar surface area (TPSA) is 67.9 Å². The van der Waals surface area contributed by atoms with Crippen molar-refractivity contribution in [2.75, 3.05) is 18.5 Å². The molecule has 0 aromatic heterocycles. The number of ether oxygens (including phenoxy) is 2. The third kappa shape index (κ3) is 5.40. The van der Waals surface area contributed by atoms with Crippen molar-refractivity contribution in [2.45, 2.75) is 27.1 Å². The van der Waals surface area contributed by atoms with Crippen molar-refractivity contribution in [3.63, 3.8) is 0 Å². The van der Waals surface area contributed by atoms with Crippen LogP contribution in [0.5, 0.6) is 11.5 Å². The van der Waals surface area contributed by atoms with Gasteiger partial charge in [-0.3, -0.25) is 14.5 Å². The minimum absolute atomic E-state index is 0.0102. The van der Waals surface area contributed by atoms with E-state index in [1.807, 2.05) is 20.8 Å². The molecule has 0 aliphatic carbocycles. The van der Waals surface area contributed by atoms with Gasteiger partial charge >= 0.3 is 6.36 Å². The Kier molecular flexibility index (Phi) is 6.76. The summed E-state index contributed by atoms with van der Waals surface area (Å²) in [6, 6.07) is 11.8. The first-order chi connectivity index (χ1) is 15.1. The highest BCUT2D eigenvalue weighted by molar-refractivity contribution is 6.36. The summed E-state index contributed by atoms with van der Waals surface area (Å²) in [7, 11) is 0. The smallest absolute Gasteiger partial charge is 0.494 e. The Balaban J connectivity index is 2.00. The number of amides is 2. The predicted octanol–water partition coefficient (Wildman–Crippen LogP) is 4.83. The Labute approximate surface area is 183 Å². The van der Waals surface area contributed by atoms with E-state index in [0.717, 1.165) is 17.0 Å². The highest BCUT2D eigenvalue weighted by Crippen LogP contribution is 2.33. The quantitative estimate of drug-likeness (QED) is 0.586. The Morgan fingerprint density at radius 2 is 1.69 bits per heavy atom. The highest BCUT2D eigenvalue weighted by atomic mass is 19.4. The van der Waals surface area contributed by atoms with Crippen LogP contribution < -0.4 is 14.8 Å². The lowest BCUT2D eigenvalue weighted by atomic mass is 10.0. The second kappa shape index (κ2) is 9.33. The summed E-state index contributed by atoms with van der Waals surface area (Å²) in [5.41, 5.74) is 0.797. The molecule has 32 heavy (non-hydrogen) atoms. The Hall–Kier alpha value is -3.49. The van der Waals surface area contributed by atoms with E-state index in [0.29, 0.717) is 17.9 Å². The van der Waals surface area contributed by atoms with Crippen LogP contribution in [0.25, 0.3) is 5.57 Å². The Morgan fingerprint density at radius 3 is 2.28 bits per heavy atom. The number of anilines is 1. The number of carbonyl (C=O) groups excluding carboxylic acids is 2. The van der Waals surface area contributed by atoms with Crippen molar-refractivity contribution in [1.82, 2.24) is 4.90 Å². The average Bonchev–Trinajstić information content (AvgIpc) is 2.92. The van der Waals surface area contributed by atoms with Crippen LogP contribution in [0.2, 0.25) is 0 Å². The lowest BCUT2D eigenvalue weighted by Gasteiger charge is -2.17. The summed E-state index contributed by atoms with van der Waals surface area (Å²) in [6.07, 6.45) is -4.85. The zero-order valence-electron chi connectivity index (χ0n) is 17.8. The van der Waals surface area contributed by atoms with E-state index >= 15 is 0 Å². The lowest BCUT2D eigenvalue weighted by molar-refractivity contribution is -0.274. The molecule has 1 aliphatic rings. The SMILES string of the molecule is CCOc1ccc(C2=C(Nc3cccc(OC(F)(F)F)c3)C(=O)N(CC(C)C)C2=O)cc1. The molecule has 0 spiro atoms. The monoisotopic (exact) mass is 448 g/mol. The van der Waals surface area contributed by atoms with Crippen LogP contribution in [-0.4, -0.2) is 36.2 Å². The molecule has 0 radical (unpaired) electrons. The fourth-order valence-electron chi connectivity index (χ4n) is 3.29. The number of benzene rings is 2. The molecule has 0 saturated carbocycles. The third-order valence-electron chi connectivity index (χ3n) is 4.51. The van der Waals surface area contributed by atoms with Crippen LogP contribution in [0.3, 0.4) is 0 Å². The molecule has 2 aromatic carbocycles. The van der Waals surface area contributed by atoms with Crippen molar-refractivity contribution in [2.24, 2.45) is 5.92 Å². The van der Waals surface area contributed by atoms with Gasteiger partial charge in [-0.2, -0.15) is 0 Å². The maximum atomic E-state index is 13.1. The molecular weight excluding hydrogens is 425 g/mol. The van der Waals surface area contributed by atoms with Gasteiger partial charge in [-0.25, -0.2) is 0 Å². The number of nitrogens with zero attached hydrogens (tertiary/aromatic N) is 1. The second-order valence-electron chi connectivity index (χ2n) is 7.52. The van der Waals surface area contributed by atoms with E-state index in [9.17, 15) is 22.8 Å². The number of alkyl halides is 3. The van der Waals surface area contributed by atoms with Crippen molar-refractivity contribution < 1.29 is 32.2 Å². The van der Waals surface area contributed by atoms with Gasteiger partial charge in [0.15, 0.2) is 0 Å². The van der Waals surface area contributed by atoms with Crippen LogP contribution >= 0.6 is 0 Å². The molecule has 1 heterocycles. The molecule has 1 N–H and O–H groups in total. The first-order valence-electron chi connectivity index (χ1n) is 10.1. The molecule has 1 aliphatic heterocycles. The Bertz CT molecular complexity index is 1030. The van der Waals surface area contributed by atoms with Crippen LogP contribution in [0.15, 0.2) is 54.2 Å². The molecule has 0 atom stereocenters. The molecule has 0 bridgehead atoms. The number of nitrogens with one attached hydrogen (secondary N) is 1. The summed E-state index contributed by atoms with van der Waals surface area (Å²) in [6.45, 7) is 6.28.